The number of hydrogen-bond donors (Lipinski definition) is 2. The van der Waals surface area contributed by atoms with Gasteiger partial charge in [-0.1, -0.05) is 26.2 Å². The lowest BCUT2D eigenvalue weighted by atomic mass is 10.1. The van der Waals surface area contributed by atoms with Gasteiger partial charge in [0.15, 0.2) is 5.65 Å². The van der Waals surface area contributed by atoms with Gasteiger partial charge in [0.05, 0.1) is 5.52 Å². The summed E-state index contributed by atoms with van der Waals surface area (Å²) >= 11 is 0. The molecule has 0 unspecified atom stereocenters. The number of hydrogen-bond acceptors (Lipinski definition) is 3. The minimum Gasteiger partial charge on any atom is -0.384 e. The summed E-state index contributed by atoms with van der Waals surface area (Å²) in [5.41, 5.74) is 7.31. The lowest BCUT2D eigenvalue weighted by molar-refractivity contribution is 0.656. The van der Waals surface area contributed by atoms with Crippen molar-refractivity contribution < 1.29 is 0 Å². The summed E-state index contributed by atoms with van der Waals surface area (Å²) in [7, 11) is 0. The van der Waals surface area contributed by atoms with E-state index in [2.05, 4.69) is 21.9 Å². The zero-order valence-electron chi connectivity index (χ0n) is 9.66. The Labute approximate surface area is 95.3 Å². The van der Waals surface area contributed by atoms with Gasteiger partial charge in [0.25, 0.3) is 0 Å². The van der Waals surface area contributed by atoms with E-state index in [4.69, 9.17) is 5.73 Å². The van der Waals surface area contributed by atoms with E-state index in [0.29, 0.717) is 5.82 Å². The number of H-pyrrole nitrogens is 1. The highest BCUT2D eigenvalue weighted by molar-refractivity contribution is 5.72. The molecule has 0 saturated heterocycles. The van der Waals surface area contributed by atoms with E-state index in [1.54, 1.807) is 6.07 Å². The first-order chi connectivity index (χ1) is 7.79. The minimum absolute atomic E-state index is 0.525. The van der Waals surface area contributed by atoms with Crippen LogP contribution in [-0.2, 0) is 6.42 Å². The third-order valence-electron chi connectivity index (χ3n) is 2.68. The number of anilines is 1. The zero-order valence-corrected chi connectivity index (χ0v) is 9.66. The predicted octanol–water partition coefficient (Wildman–Crippen LogP) is 2.66. The third kappa shape index (κ3) is 2.51. The molecule has 0 amide bonds. The number of nitrogens with two attached hydrogens (primary N) is 1. The van der Waals surface area contributed by atoms with Crippen molar-refractivity contribution >= 4 is 17.0 Å². The molecule has 4 nitrogen and oxygen atoms in total. The molecule has 0 aliphatic carbocycles. The lowest BCUT2D eigenvalue weighted by Gasteiger charge is -1.95. The zero-order chi connectivity index (χ0) is 11.4. The maximum Gasteiger partial charge on any atom is 0.179 e. The molecule has 4 heteroatoms. The molecule has 16 heavy (non-hydrogen) atoms. The fourth-order valence-electron chi connectivity index (χ4n) is 1.79. The number of aryl methyl sites for hydroxylation is 1. The molecule has 2 rings (SSSR count). The molecular formula is C12H18N4. The summed E-state index contributed by atoms with van der Waals surface area (Å²) in [5, 5.41) is 0. The van der Waals surface area contributed by atoms with Crippen LogP contribution in [0.15, 0.2) is 12.1 Å². The average Bonchev–Trinajstić information content (AvgIpc) is 2.66. The molecule has 3 N–H and O–H groups in total. The molecule has 0 saturated carbocycles. The van der Waals surface area contributed by atoms with Gasteiger partial charge in [0, 0.05) is 6.42 Å². The highest BCUT2D eigenvalue weighted by Gasteiger charge is 2.03. The Hall–Kier alpha value is -1.58. The number of nitrogen functional groups attached to an aromatic ring is 1. The van der Waals surface area contributed by atoms with Gasteiger partial charge in [-0.25, -0.2) is 9.97 Å². The molecule has 0 aliphatic rings. The molecule has 2 heterocycles. The van der Waals surface area contributed by atoms with Crippen LogP contribution in [0.1, 0.15) is 38.4 Å². The predicted molar refractivity (Wildman–Crippen MR) is 66.1 cm³/mol. The maximum absolute atomic E-state index is 5.61. The van der Waals surface area contributed by atoms with Gasteiger partial charge in [0.2, 0.25) is 0 Å². The number of aromatic nitrogens is 3. The van der Waals surface area contributed by atoms with Crippen LogP contribution in [-0.4, -0.2) is 15.0 Å². The molecule has 0 bridgehead atoms. The molecule has 2 aromatic rings. The molecule has 86 valence electrons. The number of imidazole rings is 1. The van der Waals surface area contributed by atoms with Gasteiger partial charge in [0.1, 0.15) is 11.6 Å². The lowest BCUT2D eigenvalue weighted by Crippen LogP contribution is -1.89. The van der Waals surface area contributed by atoms with E-state index in [1.165, 1.54) is 25.7 Å². The molecule has 0 aromatic carbocycles. The summed E-state index contributed by atoms with van der Waals surface area (Å²) < 4.78 is 0. The first-order valence-corrected chi connectivity index (χ1v) is 5.90. The molecule has 2 aromatic heterocycles. The van der Waals surface area contributed by atoms with Crippen molar-refractivity contribution in [2.24, 2.45) is 0 Å². The fraction of sp³-hybridized carbons (Fsp3) is 0.500. The standard InChI is InChI=1S/C12H18N4/c1-2-3-4-5-6-11-14-9-7-8-10(13)15-12(9)16-11/h7-8H,2-6H2,1H3,(H3,13,14,15,16). The topological polar surface area (TPSA) is 67.6 Å². The summed E-state index contributed by atoms with van der Waals surface area (Å²) in [5.74, 6) is 1.54. The van der Waals surface area contributed by atoms with Crippen LogP contribution in [0.25, 0.3) is 11.2 Å². The molecule has 0 fully saturated rings. The van der Waals surface area contributed by atoms with Crippen LogP contribution < -0.4 is 5.73 Å². The Morgan fingerprint density at radius 3 is 2.88 bits per heavy atom. The van der Waals surface area contributed by atoms with Gasteiger partial charge in [-0.2, -0.15) is 0 Å². The molecule has 0 atom stereocenters. The second-order valence-electron chi connectivity index (χ2n) is 4.10. The Morgan fingerprint density at radius 2 is 2.06 bits per heavy atom. The fourth-order valence-corrected chi connectivity index (χ4v) is 1.79. The molecule has 0 radical (unpaired) electrons. The smallest absolute Gasteiger partial charge is 0.179 e. The number of pyridine rings is 1. The number of nitrogens with zero attached hydrogens (tertiary/aromatic N) is 2. The van der Waals surface area contributed by atoms with Crippen molar-refractivity contribution in [3.63, 3.8) is 0 Å². The van der Waals surface area contributed by atoms with E-state index in [1.807, 2.05) is 6.07 Å². The Kier molecular flexibility index (Phi) is 3.39. The van der Waals surface area contributed by atoms with E-state index in [9.17, 15) is 0 Å². The van der Waals surface area contributed by atoms with Crippen LogP contribution in [0.3, 0.4) is 0 Å². The van der Waals surface area contributed by atoms with E-state index in [-0.39, 0.29) is 0 Å². The summed E-state index contributed by atoms with van der Waals surface area (Å²) in [6.07, 6.45) is 6.01. The highest BCUT2D eigenvalue weighted by Crippen LogP contribution is 2.12. The third-order valence-corrected chi connectivity index (χ3v) is 2.68. The molecule has 0 spiro atoms. The van der Waals surface area contributed by atoms with E-state index in [0.717, 1.165) is 23.4 Å². The van der Waals surface area contributed by atoms with Crippen molar-refractivity contribution in [1.29, 1.82) is 0 Å². The number of fused-ring (bicyclic) bond motifs is 1. The average molecular weight is 218 g/mol. The maximum atomic E-state index is 5.61. The number of unbranched alkanes of at least 4 members (excludes halogenated alkanes) is 3. The van der Waals surface area contributed by atoms with Crippen LogP contribution in [0, 0.1) is 0 Å². The monoisotopic (exact) mass is 218 g/mol. The van der Waals surface area contributed by atoms with Gasteiger partial charge in [-0.3, -0.25) is 0 Å². The summed E-state index contributed by atoms with van der Waals surface area (Å²) in [6, 6.07) is 3.72. The number of nitrogens with one attached hydrogen (secondary N) is 1. The quantitative estimate of drug-likeness (QED) is 0.758. The first kappa shape index (κ1) is 10.9. The van der Waals surface area contributed by atoms with Gasteiger partial charge >= 0.3 is 0 Å². The Morgan fingerprint density at radius 1 is 1.19 bits per heavy atom. The van der Waals surface area contributed by atoms with Crippen molar-refractivity contribution in [2.45, 2.75) is 39.0 Å². The molecular weight excluding hydrogens is 200 g/mol. The number of rotatable bonds is 5. The SMILES string of the molecule is CCCCCCc1nc2nc(N)ccc2[nH]1. The largest absolute Gasteiger partial charge is 0.384 e. The van der Waals surface area contributed by atoms with Gasteiger partial charge in [-0.15, -0.1) is 0 Å². The Bertz CT molecular complexity index is 461. The van der Waals surface area contributed by atoms with Crippen LogP contribution in [0.5, 0.6) is 0 Å². The van der Waals surface area contributed by atoms with Crippen LogP contribution >= 0.6 is 0 Å². The second kappa shape index (κ2) is 4.96. The minimum atomic E-state index is 0.525. The molecule has 0 aliphatic heterocycles. The van der Waals surface area contributed by atoms with Gasteiger partial charge < -0.3 is 10.7 Å². The van der Waals surface area contributed by atoms with Crippen LogP contribution in [0.4, 0.5) is 5.82 Å². The van der Waals surface area contributed by atoms with Crippen LogP contribution in [0.2, 0.25) is 0 Å². The van der Waals surface area contributed by atoms with E-state index < -0.39 is 0 Å². The van der Waals surface area contributed by atoms with Crippen molar-refractivity contribution in [3.8, 4) is 0 Å². The van der Waals surface area contributed by atoms with Crippen molar-refractivity contribution in [2.75, 3.05) is 5.73 Å². The Balaban J connectivity index is 2.02. The summed E-state index contributed by atoms with van der Waals surface area (Å²) in [6.45, 7) is 2.22. The second-order valence-corrected chi connectivity index (χ2v) is 4.10. The van der Waals surface area contributed by atoms with Gasteiger partial charge in [-0.05, 0) is 18.6 Å². The first-order valence-electron chi connectivity index (χ1n) is 5.90. The summed E-state index contributed by atoms with van der Waals surface area (Å²) in [4.78, 5) is 11.9. The van der Waals surface area contributed by atoms with Crippen molar-refractivity contribution in [1.82, 2.24) is 15.0 Å². The number of aromatic amines is 1. The van der Waals surface area contributed by atoms with E-state index >= 15 is 0 Å². The highest BCUT2D eigenvalue weighted by atomic mass is 15.0. The van der Waals surface area contributed by atoms with Crippen molar-refractivity contribution in [3.05, 3.63) is 18.0 Å². The normalized spacial score (nSPS) is 11.1.